The number of ether oxygens (including phenoxy) is 1. The first-order chi connectivity index (χ1) is 21.7. The summed E-state index contributed by atoms with van der Waals surface area (Å²) in [4.78, 5) is 41.7. The summed E-state index contributed by atoms with van der Waals surface area (Å²) >= 11 is 6.77. The average Bonchev–Trinajstić information content (AvgIpc) is 3.32. The molecule has 0 unspecified atom stereocenters. The van der Waals surface area contributed by atoms with Gasteiger partial charge >= 0.3 is 5.97 Å². The molecule has 45 heavy (non-hydrogen) atoms. The molecule has 0 saturated carbocycles. The third-order valence-corrected chi connectivity index (χ3v) is 9.06. The second-order valence-corrected chi connectivity index (χ2v) is 12.2. The number of rotatable bonds is 11. The number of aromatic carboxylic acids is 1. The summed E-state index contributed by atoms with van der Waals surface area (Å²) in [5.41, 5.74) is 3.32. The lowest BCUT2D eigenvalue weighted by molar-refractivity contribution is -0.122. The molecule has 2 saturated heterocycles. The van der Waals surface area contributed by atoms with E-state index in [-0.39, 0.29) is 30.3 Å². The molecule has 2 aliphatic heterocycles. The number of carboxylic acid groups (broad SMARTS) is 1. The minimum atomic E-state index is -1.06. The second-order valence-electron chi connectivity index (χ2n) is 10.6. The van der Waals surface area contributed by atoms with Crippen LogP contribution < -0.4 is 5.32 Å². The molecule has 0 aliphatic carbocycles. The highest BCUT2D eigenvalue weighted by atomic mass is 32.2. The van der Waals surface area contributed by atoms with E-state index in [2.05, 4.69) is 10.2 Å². The van der Waals surface area contributed by atoms with E-state index in [1.54, 1.807) is 6.07 Å². The maximum Gasteiger partial charge on any atom is 0.335 e. The van der Waals surface area contributed by atoms with Crippen LogP contribution in [0.25, 0.3) is 16.7 Å². The van der Waals surface area contributed by atoms with E-state index in [1.807, 2.05) is 18.2 Å². The molecule has 234 valence electrons. The third-order valence-electron chi connectivity index (χ3n) is 7.57. The highest BCUT2D eigenvalue weighted by Gasteiger charge is 2.34. The Morgan fingerprint density at radius 2 is 1.64 bits per heavy atom. The van der Waals surface area contributed by atoms with Gasteiger partial charge in [0.15, 0.2) is 11.6 Å². The maximum absolute atomic E-state index is 14.0. The average molecular weight is 652 g/mol. The minimum Gasteiger partial charge on any atom is -0.478 e. The molecule has 2 aliphatic rings. The van der Waals surface area contributed by atoms with Crippen molar-refractivity contribution >= 4 is 57.3 Å². The predicted molar refractivity (Wildman–Crippen MR) is 174 cm³/mol. The molecule has 0 aromatic heterocycles. The number of nitrogens with one attached hydrogen (secondary N) is 1. The molecule has 12 heteroatoms. The van der Waals surface area contributed by atoms with E-state index in [4.69, 9.17) is 22.1 Å². The van der Waals surface area contributed by atoms with Crippen LogP contribution in [0.4, 0.5) is 14.5 Å². The van der Waals surface area contributed by atoms with Crippen molar-refractivity contribution in [2.24, 2.45) is 0 Å². The molecular weight excluding hydrogens is 621 g/mol. The molecular formula is C33H31F2N3O5S2. The van der Waals surface area contributed by atoms with Crippen LogP contribution in [-0.4, -0.2) is 76.4 Å². The molecule has 5 rings (SSSR count). The van der Waals surface area contributed by atoms with Crippen molar-refractivity contribution in [1.82, 2.24) is 9.80 Å². The van der Waals surface area contributed by atoms with Gasteiger partial charge in [0.25, 0.3) is 5.91 Å². The van der Waals surface area contributed by atoms with Crippen molar-refractivity contribution in [1.29, 1.82) is 0 Å². The number of carboxylic acids is 1. The number of thiocarbonyl (C=S) groups is 1. The normalized spacial score (nSPS) is 16.6. The Hall–Kier alpha value is -3.97. The summed E-state index contributed by atoms with van der Waals surface area (Å²) in [6.45, 7) is 3.95. The Morgan fingerprint density at radius 1 is 0.911 bits per heavy atom. The van der Waals surface area contributed by atoms with E-state index in [0.29, 0.717) is 45.7 Å². The quantitative estimate of drug-likeness (QED) is 0.191. The van der Waals surface area contributed by atoms with Crippen LogP contribution in [0.1, 0.15) is 35.2 Å². The molecule has 2 heterocycles. The number of hydrogen-bond donors (Lipinski definition) is 2. The van der Waals surface area contributed by atoms with Gasteiger partial charge in [0.2, 0.25) is 5.91 Å². The van der Waals surface area contributed by atoms with E-state index in [0.717, 1.165) is 49.3 Å². The summed E-state index contributed by atoms with van der Waals surface area (Å²) < 4.78 is 33.4. The van der Waals surface area contributed by atoms with Crippen molar-refractivity contribution in [3.8, 4) is 11.1 Å². The molecule has 3 aromatic carbocycles. The van der Waals surface area contributed by atoms with Gasteiger partial charge < -0.3 is 15.2 Å². The van der Waals surface area contributed by atoms with Crippen molar-refractivity contribution in [3.63, 3.8) is 0 Å². The number of morpholine rings is 1. The maximum atomic E-state index is 14.0. The second kappa shape index (κ2) is 14.9. The summed E-state index contributed by atoms with van der Waals surface area (Å²) in [5.74, 6) is -3.56. The van der Waals surface area contributed by atoms with E-state index >= 15 is 0 Å². The van der Waals surface area contributed by atoms with E-state index < -0.39 is 17.6 Å². The molecule has 0 bridgehead atoms. The standard InChI is InChI=1S/C33H31F2N3O5S2/c34-27-11-8-23(20-28(27)35)22-3-1-4-24(19-22)26(5-2-13-37-15-17-43-18-16-37)30-31(40)38(33(44)45-30)14-12-29(39)36-25-9-6-21(7-10-25)32(41)42/h1,3-4,6-11,19-20H,2,5,12-18H2,(H,36,39)(H,41,42)/b30-26-. The number of carbonyl (C=O) groups excluding carboxylic acids is 2. The van der Waals surface area contributed by atoms with Gasteiger partial charge in [-0.25, -0.2) is 13.6 Å². The van der Waals surface area contributed by atoms with Crippen LogP contribution in [-0.2, 0) is 14.3 Å². The van der Waals surface area contributed by atoms with Gasteiger partial charge in [0.05, 0.1) is 23.7 Å². The van der Waals surface area contributed by atoms with Crippen LogP contribution in [0, 0.1) is 11.6 Å². The molecule has 2 amide bonds. The third kappa shape index (κ3) is 8.20. The van der Waals surface area contributed by atoms with Gasteiger partial charge in [-0.1, -0.05) is 48.2 Å². The lowest BCUT2D eigenvalue weighted by Crippen LogP contribution is -2.36. The molecule has 8 nitrogen and oxygen atoms in total. The SMILES string of the molecule is O=C(CCN1C(=O)/C(=C(\CCCN2CCOCC2)c2cccc(-c3ccc(F)c(F)c3)c2)SC1=S)Nc1ccc(C(=O)O)cc1. The summed E-state index contributed by atoms with van der Waals surface area (Å²) in [6, 6.07) is 16.9. The highest BCUT2D eigenvalue weighted by molar-refractivity contribution is 8.26. The van der Waals surface area contributed by atoms with E-state index in [1.165, 1.54) is 47.0 Å². The Morgan fingerprint density at radius 3 is 2.36 bits per heavy atom. The lowest BCUT2D eigenvalue weighted by atomic mass is 9.95. The van der Waals surface area contributed by atoms with Crippen molar-refractivity contribution in [2.45, 2.75) is 19.3 Å². The Labute approximate surface area is 269 Å². The largest absolute Gasteiger partial charge is 0.478 e. The molecule has 2 fully saturated rings. The van der Waals surface area contributed by atoms with Crippen LogP contribution in [0.3, 0.4) is 0 Å². The smallest absolute Gasteiger partial charge is 0.335 e. The number of nitrogens with zero attached hydrogens (tertiary/aromatic N) is 2. The summed E-state index contributed by atoms with van der Waals surface area (Å²) in [7, 11) is 0. The first-order valence-electron chi connectivity index (χ1n) is 14.5. The first-order valence-corrected chi connectivity index (χ1v) is 15.7. The Kier molecular flexibility index (Phi) is 10.7. The summed E-state index contributed by atoms with van der Waals surface area (Å²) in [6.07, 6.45) is 1.34. The number of anilines is 1. The Balaban J connectivity index is 1.34. The fourth-order valence-electron chi connectivity index (χ4n) is 5.16. The zero-order chi connectivity index (χ0) is 31.9. The van der Waals surface area contributed by atoms with E-state index in [9.17, 15) is 23.2 Å². The number of amides is 2. The van der Waals surface area contributed by atoms with Crippen molar-refractivity contribution in [2.75, 3.05) is 44.7 Å². The van der Waals surface area contributed by atoms with Crippen LogP contribution in [0.15, 0.2) is 71.6 Å². The van der Waals surface area contributed by atoms with Crippen LogP contribution in [0.2, 0.25) is 0 Å². The minimum absolute atomic E-state index is 0.0155. The number of benzene rings is 3. The number of carbonyl (C=O) groups is 3. The highest BCUT2D eigenvalue weighted by Crippen LogP contribution is 2.40. The number of halogens is 2. The monoisotopic (exact) mass is 651 g/mol. The molecule has 0 atom stereocenters. The fourth-order valence-corrected chi connectivity index (χ4v) is 6.59. The zero-order valence-electron chi connectivity index (χ0n) is 24.3. The lowest BCUT2D eigenvalue weighted by Gasteiger charge is -2.26. The van der Waals surface area contributed by atoms with Gasteiger partial charge in [0, 0.05) is 31.7 Å². The number of thioether (sulfide) groups is 1. The van der Waals surface area contributed by atoms with Crippen LogP contribution >= 0.6 is 24.0 Å². The van der Waals surface area contributed by atoms with Crippen molar-refractivity contribution < 1.29 is 33.0 Å². The summed E-state index contributed by atoms with van der Waals surface area (Å²) in [5, 5.41) is 11.8. The van der Waals surface area contributed by atoms with Gasteiger partial charge in [-0.3, -0.25) is 19.4 Å². The number of allylic oxidation sites excluding steroid dienone is 1. The zero-order valence-corrected chi connectivity index (χ0v) is 25.9. The van der Waals surface area contributed by atoms with Gasteiger partial charge in [-0.15, -0.1) is 0 Å². The van der Waals surface area contributed by atoms with Crippen LogP contribution in [0.5, 0.6) is 0 Å². The van der Waals surface area contributed by atoms with Gasteiger partial charge in [-0.2, -0.15) is 0 Å². The number of hydrogen-bond acceptors (Lipinski definition) is 7. The van der Waals surface area contributed by atoms with Gasteiger partial charge in [-0.05, 0) is 84.1 Å². The topological polar surface area (TPSA) is 99.2 Å². The molecule has 0 radical (unpaired) electrons. The first kappa shape index (κ1) is 32.4. The van der Waals surface area contributed by atoms with Gasteiger partial charge in [0.1, 0.15) is 4.32 Å². The fraction of sp³-hybridized carbons (Fsp3) is 0.273. The Bertz CT molecular complexity index is 1640. The van der Waals surface area contributed by atoms with Crippen molar-refractivity contribution in [3.05, 3.63) is 94.4 Å². The molecule has 0 spiro atoms. The predicted octanol–water partition coefficient (Wildman–Crippen LogP) is 6.04. The molecule has 2 N–H and O–H groups in total. The molecule has 3 aromatic rings.